The molecule has 1 aliphatic rings. The molecule has 5 nitrogen and oxygen atoms in total. The van der Waals surface area contributed by atoms with E-state index in [9.17, 15) is 14.0 Å². The van der Waals surface area contributed by atoms with E-state index in [1.807, 2.05) is 6.92 Å². The number of nitrogens with zero attached hydrogens (tertiary/aromatic N) is 1. The number of anilines is 1. The zero-order valence-electron chi connectivity index (χ0n) is 13.4. The number of fused-ring (bicyclic) bond motifs is 1. The van der Waals surface area contributed by atoms with Crippen molar-refractivity contribution in [2.24, 2.45) is 0 Å². The molecule has 124 valence electrons. The van der Waals surface area contributed by atoms with Crippen molar-refractivity contribution in [1.82, 2.24) is 4.90 Å². The molecule has 1 aliphatic heterocycles. The Kier molecular flexibility index (Phi) is 4.20. The van der Waals surface area contributed by atoms with Crippen molar-refractivity contribution in [2.45, 2.75) is 13.0 Å². The predicted molar refractivity (Wildman–Crippen MR) is 87.5 cm³/mol. The lowest BCUT2D eigenvalue weighted by atomic mass is 10.1. The molecule has 1 atom stereocenters. The Morgan fingerprint density at radius 2 is 1.96 bits per heavy atom. The van der Waals surface area contributed by atoms with Crippen LogP contribution >= 0.6 is 0 Å². The molecule has 0 aromatic heterocycles. The van der Waals surface area contributed by atoms with Crippen LogP contribution in [0.15, 0.2) is 42.5 Å². The number of hydrogen-bond donors (Lipinski definition) is 1. The number of ether oxygens (including phenoxy) is 1. The minimum absolute atomic E-state index is 0.0630. The van der Waals surface area contributed by atoms with Gasteiger partial charge in [0, 0.05) is 12.6 Å². The first-order valence-corrected chi connectivity index (χ1v) is 7.55. The maximum absolute atomic E-state index is 13.0. The first-order chi connectivity index (χ1) is 11.5. The molecule has 0 fully saturated rings. The Balaban J connectivity index is 1.80. The van der Waals surface area contributed by atoms with Crippen molar-refractivity contribution in [2.75, 3.05) is 19.0 Å². The van der Waals surface area contributed by atoms with E-state index in [1.54, 1.807) is 42.3 Å². The minimum Gasteiger partial charge on any atom is -0.482 e. The normalized spacial score (nSPS) is 14.2. The Morgan fingerprint density at radius 1 is 1.25 bits per heavy atom. The van der Waals surface area contributed by atoms with Gasteiger partial charge in [0.2, 0.25) is 0 Å². The van der Waals surface area contributed by atoms with Crippen LogP contribution in [0.1, 0.15) is 28.9 Å². The molecule has 6 heteroatoms. The topological polar surface area (TPSA) is 58.6 Å². The highest BCUT2D eigenvalue weighted by Gasteiger charge is 2.22. The quantitative estimate of drug-likeness (QED) is 0.942. The van der Waals surface area contributed by atoms with E-state index in [0.29, 0.717) is 17.0 Å². The number of benzene rings is 2. The van der Waals surface area contributed by atoms with Gasteiger partial charge in [0.1, 0.15) is 11.6 Å². The third kappa shape index (κ3) is 3.08. The molecule has 0 bridgehead atoms. The van der Waals surface area contributed by atoms with E-state index in [-0.39, 0.29) is 30.3 Å². The molecular formula is C18H17FN2O3. The molecule has 1 heterocycles. The molecule has 24 heavy (non-hydrogen) atoms. The fourth-order valence-corrected chi connectivity index (χ4v) is 2.55. The molecule has 2 aromatic rings. The van der Waals surface area contributed by atoms with Gasteiger partial charge in [-0.2, -0.15) is 0 Å². The standard InChI is InChI=1S/C18H17FN2O3/c1-11(12-3-6-14(19)7-4-12)21(2)18(23)13-5-8-15-16(9-13)24-10-17(22)20-15/h3-9,11H,10H2,1-2H3,(H,20,22). The summed E-state index contributed by atoms with van der Waals surface area (Å²) in [5.74, 6) is -0.240. The van der Waals surface area contributed by atoms with E-state index < -0.39 is 0 Å². The number of carbonyl (C=O) groups is 2. The van der Waals surface area contributed by atoms with E-state index >= 15 is 0 Å². The van der Waals surface area contributed by atoms with E-state index in [2.05, 4.69) is 5.32 Å². The summed E-state index contributed by atoms with van der Waals surface area (Å²) in [5.41, 5.74) is 1.85. The molecule has 0 radical (unpaired) electrons. The molecule has 1 N–H and O–H groups in total. The monoisotopic (exact) mass is 328 g/mol. The lowest BCUT2D eigenvalue weighted by Crippen LogP contribution is -2.30. The van der Waals surface area contributed by atoms with Crippen LogP contribution < -0.4 is 10.1 Å². The molecule has 1 unspecified atom stereocenters. The van der Waals surface area contributed by atoms with Crippen LogP contribution in [0.4, 0.5) is 10.1 Å². The summed E-state index contributed by atoms with van der Waals surface area (Å²) in [4.78, 5) is 25.6. The van der Waals surface area contributed by atoms with Gasteiger partial charge in [-0.05, 0) is 42.8 Å². The van der Waals surface area contributed by atoms with Crippen LogP contribution in [0, 0.1) is 5.82 Å². The summed E-state index contributed by atoms with van der Waals surface area (Å²) >= 11 is 0. The summed E-state index contributed by atoms with van der Waals surface area (Å²) in [6, 6.07) is 10.8. The van der Waals surface area contributed by atoms with Crippen LogP contribution in [0.3, 0.4) is 0 Å². The zero-order valence-corrected chi connectivity index (χ0v) is 13.4. The van der Waals surface area contributed by atoms with Gasteiger partial charge in [0.15, 0.2) is 6.61 Å². The number of hydrogen-bond acceptors (Lipinski definition) is 3. The summed E-state index contributed by atoms with van der Waals surface area (Å²) < 4.78 is 18.4. The Labute approximate surface area is 139 Å². The molecule has 0 saturated heterocycles. The number of nitrogens with one attached hydrogen (secondary N) is 1. The molecular weight excluding hydrogens is 311 g/mol. The largest absolute Gasteiger partial charge is 0.482 e. The SMILES string of the molecule is CC(c1ccc(F)cc1)N(C)C(=O)c1ccc2c(c1)OCC(=O)N2. The first kappa shape index (κ1) is 16.0. The van der Waals surface area contributed by atoms with Crippen molar-refractivity contribution in [1.29, 1.82) is 0 Å². The van der Waals surface area contributed by atoms with Gasteiger partial charge in [-0.15, -0.1) is 0 Å². The predicted octanol–water partition coefficient (Wildman–Crippen LogP) is 2.99. The van der Waals surface area contributed by atoms with Crippen LogP contribution in [0.2, 0.25) is 0 Å². The van der Waals surface area contributed by atoms with E-state index in [0.717, 1.165) is 5.56 Å². The third-order valence-electron chi connectivity index (χ3n) is 4.12. The fourth-order valence-electron chi connectivity index (χ4n) is 2.55. The zero-order chi connectivity index (χ0) is 17.3. The van der Waals surface area contributed by atoms with Crippen molar-refractivity contribution >= 4 is 17.5 Å². The van der Waals surface area contributed by atoms with E-state index in [1.165, 1.54) is 12.1 Å². The highest BCUT2D eigenvalue weighted by Crippen LogP contribution is 2.30. The molecule has 0 aliphatic carbocycles. The summed E-state index contributed by atoms with van der Waals surface area (Å²) in [6.07, 6.45) is 0. The second-order valence-corrected chi connectivity index (χ2v) is 5.69. The molecule has 2 aromatic carbocycles. The van der Waals surface area contributed by atoms with Crippen molar-refractivity contribution in [3.63, 3.8) is 0 Å². The molecule has 0 saturated carbocycles. The number of carbonyl (C=O) groups excluding carboxylic acids is 2. The Hall–Kier alpha value is -2.89. The maximum atomic E-state index is 13.0. The average molecular weight is 328 g/mol. The van der Waals surface area contributed by atoms with Crippen LogP contribution in [0.25, 0.3) is 0 Å². The van der Waals surface area contributed by atoms with Gasteiger partial charge >= 0.3 is 0 Å². The summed E-state index contributed by atoms with van der Waals surface area (Å²) in [6.45, 7) is 1.81. The van der Waals surface area contributed by atoms with Crippen LogP contribution in [0.5, 0.6) is 5.75 Å². The lowest BCUT2D eigenvalue weighted by Gasteiger charge is -2.26. The van der Waals surface area contributed by atoms with Crippen molar-refractivity contribution in [3.05, 3.63) is 59.4 Å². The van der Waals surface area contributed by atoms with Gasteiger partial charge in [-0.25, -0.2) is 4.39 Å². The van der Waals surface area contributed by atoms with Crippen LogP contribution in [-0.2, 0) is 4.79 Å². The number of rotatable bonds is 3. The van der Waals surface area contributed by atoms with Gasteiger partial charge < -0.3 is 15.0 Å². The number of amides is 2. The Bertz CT molecular complexity index is 789. The minimum atomic E-state index is -0.311. The smallest absolute Gasteiger partial charge is 0.262 e. The second kappa shape index (κ2) is 6.31. The number of halogens is 1. The lowest BCUT2D eigenvalue weighted by molar-refractivity contribution is -0.118. The fraction of sp³-hybridized carbons (Fsp3) is 0.222. The van der Waals surface area contributed by atoms with Gasteiger partial charge in [-0.3, -0.25) is 9.59 Å². The molecule has 2 amide bonds. The third-order valence-corrected chi connectivity index (χ3v) is 4.12. The molecule has 0 spiro atoms. The second-order valence-electron chi connectivity index (χ2n) is 5.69. The van der Waals surface area contributed by atoms with Gasteiger partial charge in [0.25, 0.3) is 11.8 Å². The van der Waals surface area contributed by atoms with Gasteiger partial charge in [0.05, 0.1) is 11.7 Å². The first-order valence-electron chi connectivity index (χ1n) is 7.55. The van der Waals surface area contributed by atoms with Crippen molar-refractivity contribution in [3.8, 4) is 5.75 Å². The summed E-state index contributed by atoms with van der Waals surface area (Å²) in [5, 5.41) is 2.68. The highest BCUT2D eigenvalue weighted by molar-refractivity contribution is 5.99. The van der Waals surface area contributed by atoms with Crippen LogP contribution in [-0.4, -0.2) is 30.4 Å². The Morgan fingerprint density at radius 3 is 2.67 bits per heavy atom. The maximum Gasteiger partial charge on any atom is 0.262 e. The van der Waals surface area contributed by atoms with Crippen molar-refractivity contribution < 1.29 is 18.7 Å². The summed E-state index contributed by atoms with van der Waals surface area (Å²) in [7, 11) is 1.69. The molecule has 3 rings (SSSR count). The van der Waals surface area contributed by atoms with E-state index in [4.69, 9.17) is 4.74 Å². The highest BCUT2D eigenvalue weighted by atomic mass is 19.1. The van der Waals surface area contributed by atoms with Gasteiger partial charge in [-0.1, -0.05) is 12.1 Å². The average Bonchev–Trinajstić information content (AvgIpc) is 2.60.